The Bertz CT molecular complexity index is 1610. The Balaban J connectivity index is 2.86. The van der Waals surface area contributed by atoms with Gasteiger partial charge in [0.1, 0.15) is 0 Å². The van der Waals surface area contributed by atoms with E-state index < -0.39 is 41.2 Å². The van der Waals surface area contributed by atoms with Gasteiger partial charge in [0.25, 0.3) is 0 Å². The summed E-state index contributed by atoms with van der Waals surface area (Å²) >= 11 is 14.8. The van der Waals surface area contributed by atoms with Crippen LogP contribution >= 0.6 is 63.7 Å². The molecule has 2 atom stereocenters. The van der Waals surface area contributed by atoms with Gasteiger partial charge in [0.2, 0.25) is 0 Å². The van der Waals surface area contributed by atoms with Gasteiger partial charge in [-0.25, -0.2) is 9.59 Å². The summed E-state index contributed by atoms with van der Waals surface area (Å²) in [6.45, 7) is 28.7. The first-order valence-corrected chi connectivity index (χ1v) is 23.1. The van der Waals surface area contributed by atoms with Crippen molar-refractivity contribution in [2.75, 3.05) is 52.9 Å². The second-order valence-corrected chi connectivity index (χ2v) is 16.8. The number of hydrogen-bond acceptors (Lipinski definition) is 14. The number of esters is 2. The van der Waals surface area contributed by atoms with Crippen LogP contribution in [-0.4, -0.2) is 88.7 Å². The number of ether oxygens (including phenoxy) is 12. The lowest BCUT2D eigenvalue weighted by molar-refractivity contribution is -0.533. The largest absolute Gasteiger partial charge is 0.462 e. The minimum Gasteiger partial charge on any atom is -0.421 e. The van der Waals surface area contributed by atoms with Crippen LogP contribution in [0.4, 0.5) is 0 Å². The monoisotopic (exact) mass is 1120 g/mol. The molecule has 14 nitrogen and oxygen atoms in total. The number of hydrogen-bond donors (Lipinski definition) is 0. The van der Waals surface area contributed by atoms with Crippen LogP contribution in [0.1, 0.15) is 94.2 Å². The van der Waals surface area contributed by atoms with Gasteiger partial charge in [0.05, 0.1) is 70.7 Å². The molecule has 2 rings (SSSR count). The van der Waals surface area contributed by atoms with E-state index in [1.54, 1.807) is 55.4 Å². The average molecular weight is 1120 g/mol. The minimum atomic E-state index is -2.42. The Morgan fingerprint density at radius 2 is 0.672 bits per heavy atom. The van der Waals surface area contributed by atoms with Gasteiger partial charge in [-0.3, -0.25) is 0 Å². The summed E-state index contributed by atoms with van der Waals surface area (Å²) in [5.41, 5.74) is 1.03. The maximum Gasteiger partial charge on any atom is 0.462 e. The summed E-state index contributed by atoms with van der Waals surface area (Å²) < 4.78 is 75.3. The molecule has 0 saturated carbocycles. The molecule has 0 N–H and O–H groups in total. The molecule has 0 saturated heterocycles. The van der Waals surface area contributed by atoms with Crippen molar-refractivity contribution in [3.63, 3.8) is 0 Å². The number of carbonyl (C=O) groups is 2. The first-order chi connectivity index (χ1) is 28.6. The van der Waals surface area contributed by atoms with E-state index in [0.29, 0.717) is 17.9 Å². The molecular weight excluding hydrogens is 1060 g/mol. The maximum atomic E-state index is 13.3. The fraction of sp³-hybridized carbons (Fsp3) is 0.581. The predicted octanol–water partition coefficient (Wildman–Crippen LogP) is 11.0. The Morgan fingerprint density at radius 1 is 0.459 bits per heavy atom. The highest BCUT2D eigenvalue weighted by atomic mass is 79.9. The van der Waals surface area contributed by atoms with Gasteiger partial charge < -0.3 is 56.8 Å². The first kappa shape index (κ1) is 55.2. The summed E-state index contributed by atoms with van der Waals surface area (Å²) in [5, 5.41) is 0. The third kappa shape index (κ3) is 12.7. The molecule has 2 aromatic rings. The van der Waals surface area contributed by atoms with Gasteiger partial charge >= 0.3 is 35.8 Å². The summed E-state index contributed by atoms with van der Waals surface area (Å²) in [7, 11) is 0. The molecule has 344 valence electrons. The second-order valence-electron chi connectivity index (χ2n) is 13.4. The maximum absolute atomic E-state index is 13.3. The lowest BCUT2D eigenvalue weighted by atomic mass is 9.78. The minimum absolute atomic E-state index is 0.00580. The van der Waals surface area contributed by atoms with E-state index in [0.717, 1.165) is 11.1 Å². The standard InChI is InChI=1S/C43H60Br4O14/c1-15-50-40(51-16-2,52-17-3)42(56-21-7,60-37(48)27(9)10)58-35-31(44)23-29(24-32(35)45)39(13,14)30-25-33(46)36(34(47)26-30)59-43(57-22-8,61-38(49)28(11)12)41(53-18-4,54-19-5)55-20-6/h23-26H,9,11,15-22H2,1-8,10,12-14H3. The molecule has 0 aromatic heterocycles. The van der Waals surface area contributed by atoms with Gasteiger partial charge in [-0.2, -0.15) is 0 Å². The van der Waals surface area contributed by atoms with E-state index in [1.807, 2.05) is 38.1 Å². The van der Waals surface area contributed by atoms with Crippen molar-refractivity contribution >= 4 is 75.7 Å². The molecule has 2 unspecified atom stereocenters. The molecule has 0 aliphatic rings. The summed E-state index contributed by atoms with van der Waals surface area (Å²) in [5.74, 6) is -10.5. The predicted molar refractivity (Wildman–Crippen MR) is 243 cm³/mol. The highest BCUT2D eigenvalue weighted by molar-refractivity contribution is 9.11. The van der Waals surface area contributed by atoms with E-state index in [-0.39, 0.29) is 75.5 Å². The summed E-state index contributed by atoms with van der Waals surface area (Å²) in [4.78, 5) is 26.5. The van der Waals surface area contributed by atoms with E-state index in [2.05, 4.69) is 76.9 Å². The first-order valence-electron chi connectivity index (χ1n) is 19.9. The zero-order valence-corrected chi connectivity index (χ0v) is 43.5. The highest BCUT2D eigenvalue weighted by Crippen LogP contribution is 2.48. The molecule has 0 heterocycles. The topological polar surface area (TPSA) is 145 Å². The molecule has 0 aliphatic heterocycles. The molecule has 18 heteroatoms. The molecule has 0 amide bonds. The lowest BCUT2D eigenvalue weighted by Gasteiger charge is -2.44. The number of rotatable bonds is 28. The fourth-order valence-corrected chi connectivity index (χ4v) is 8.47. The zero-order chi connectivity index (χ0) is 46.4. The van der Waals surface area contributed by atoms with Crippen LogP contribution < -0.4 is 9.47 Å². The van der Waals surface area contributed by atoms with Gasteiger partial charge in [-0.05, 0) is 168 Å². The number of benzene rings is 2. The Labute approximate surface area is 394 Å². The van der Waals surface area contributed by atoms with Crippen LogP contribution in [0.5, 0.6) is 11.5 Å². The molecule has 0 radical (unpaired) electrons. The van der Waals surface area contributed by atoms with E-state index in [4.69, 9.17) is 56.8 Å². The average Bonchev–Trinajstić information content (AvgIpc) is 3.17. The van der Waals surface area contributed by atoms with Crippen molar-refractivity contribution in [2.24, 2.45) is 0 Å². The molecule has 0 spiro atoms. The van der Waals surface area contributed by atoms with Crippen LogP contribution in [0.3, 0.4) is 0 Å². The molecule has 0 aliphatic carbocycles. The van der Waals surface area contributed by atoms with Crippen molar-refractivity contribution in [2.45, 2.75) is 112 Å². The Hall–Kier alpha value is -1.94. The van der Waals surface area contributed by atoms with Gasteiger partial charge in [0.15, 0.2) is 11.5 Å². The van der Waals surface area contributed by atoms with E-state index in [9.17, 15) is 9.59 Å². The molecule has 2 aromatic carbocycles. The van der Waals surface area contributed by atoms with Crippen LogP contribution in [0.2, 0.25) is 0 Å². The van der Waals surface area contributed by atoms with E-state index >= 15 is 0 Å². The van der Waals surface area contributed by atoms with Gasteiger partial charge in [-0.1, -0.05) is 27.0 Å². The summed E-state index contributed by atoms with van der Waals surface area (Å²) in [6, 6.07) is 7.41. The van der Waals surface area contributed by atoms with Crippen molar-refractivity contribution in [3.05, 3.63) is 77.6 Å². The summed E-state index contributed by atoms with van der Waals surface area (Å²) in [6.07, 6.45) is 0. The van der Waals surface area contributed by atoms with Crippen LogP contribution in [0, 0.1) is 0 Å². The van der Waals surface area contributed by atoms with Gasteiger partial charge in [-0.15, -0.1) is 0 Å². The van der Waals surface area contributed by atoms with Crippen LogP contribution in [0.15, 0.2) is 66.5 Å². The smallest absolute Gasteiger partial charge is 0.421 e. The number of halogens is 4. The quantitative estimate of drug-likeness (QED) is 0.0453. The SMILES string of the molecule is C=C(C)C(=O)OC(OCC)(Oc1c(Br)cc(C(C)(C)c2cc(Br)c(OC(OCC)(OC(=O)C(=C)C)C(OCC)(OCC)OCC)c(Br)c2)cc1Br)C(OCC)(OCC)OCC. The Kier molecular flexibility index (Phi) is 22.1. The number of carbonyl (C=O) groups excluding carboxylic acids is 2. The normalized spacial score (nSPS) is 14.2. The van der Waals surface area contributed by atoms with Crippen molar-refractivity contribution < 1.29 is 66.4 Å². The Morgan fingerprint density at radius 3 is 0.869 bits per heavy atom. The van der Waals surface area contributed by atoms with E-state index in [1.165, 1.54) is 13.8 Å². The third-order valence-corrected chi connectivity index (χ3v) is 10.8. The molecule has 0 bridgehead atoms. The lowest BCUT2D eigenvalue weighted by Crippen LogP contribution is -2.66. The van der Waals surface area contributed by atoms with Gasteiger partial charge in [0, 0.05) is 16.6 Å². The van der Waals surface area contributed by atoms with Crippen molar-refractivity contribution in [1.82, 2.24) is 0 Å². The molecule has 61 heavy (non-hydrogen) atoms. The van der Waals surface area contributed by atoms with Crippen molar-refractivity contribution in [1.29, 1.82) is 0 Å². The van der Waals surface area contributed by atoms with Crippen molar-refractivity contribution in [3.8, 4) is 11.5 Å². The molecular formula is C43H60Br4O14. The molecule has 0 fully saturated rings. The van der Waals surface area contributed by atoms with Crippen LogP contribution in [-0.2, 0) is 62.4 Å². The third-order valence-electron chi connectivity index (χ3n) is 8.49. The van der Waals surface area contributed by atoms with Crippen LogP contribution in [0.25, 0.3) is 0 Å². The zero-order valence-electron chi connectivity index (χ0n) is 37.1. The fourth-order valence-electron chi connectivity index (χ4n) is 5.78. The highest BCUT2D eigenvalue weighted by Gasteiger charge is 2.66. The second kappa shape index (κ2) is 24.4.